The zero-order valence-electron chi connectivity index (χ0n) is 13.1. The van der Waals surface area contributed by atoms with Gasteiger partial charge in [-0.1, -0.05) is 20.8 Å². The third-order valence-corrected chi connectivity index (χ3v) is 3.25. The lowest BCUT2D eigenvalue weighted by Crippen LogP contribution is -2.45. The smallest absolute Gasteiger partial charge is 0.191 e. The van der Waals surface area contributed by atoms with E-state index in [1.807, 2.05) is 0 Å². The third kappa shape index (κ3) is 6.06. The Morgan fingerprint density at radius 3 is 2.65 bits per heavy atom. The molecule has 0 amide bonds. The van der Waals surface area contributed by atoms with Crippen molar-refractivity contribution in [3.05, 3.63) is 12.2 Å². The molecule has 0 aliphatic heterocycles. The fourth-order valence-corrected chi connectivity index (χ4v) is 1.61. The molecule has 1 unspecified atom stereocenters. The van der Waals surface area contributed by atoms with E-state index in [0.717, 1.165) is 31.3 Å². The zero-order valence-corrected chi connectivity index (χ0v) is 15.4. The Kier molecular flexibility index (Phi) is 9.52. The number of aliphatic imine (C=N–C) groups is 1. The molecule has 0 aromatic carbocycles. The first-order chi connectivity index (χ1) is 9.08. The average Bonchev–Trinajstić information content (AvgIpc) is 2.84. The largest absolute Gasteiger partial charge is 0.355 e. The monoisotopic (exact) mass is 394 g/mol. The Morgan fingerprint density at radius 1 is 1.40 bits per heavy atom. The van der Waals surface area contributed by atoms with Crippen molar-refractivity contribution in [1.82, 2.24) is 25.4 Å². The van der Waals surface area contributed by atoms with E-state index in [2.05, 4.69) is 58.1 Å². The van der Waals surface area contributed by atoms with Gasteiger partial charge in [-0.05, 0) is 12.8 Å². The maximum Gasteiger partial charge on any atom is 0.191 e. The van der Waals surface area contributed by atoms with Gasteiger partial charge in [0.2, 0.25) is 0 Å². The molecule has 2 N–H and O–H groups in total. The molecule has 7 heteroatoms. The Labute approximate surface area is 138 Å². The normalized spacial score (nSPS) is 13.0. The Bertz CT molecular complexity index is 401. The van der Waals surface area contributed by atoms with E-state index in [1.54, 1.807) is 13.4 Å². The van der Waals surface area contributed by atoms with E-state index in [0.29, 0.717) is 12.0 Å². The fourth-order valence-electron chi connectivity index (χ4n) is 1.61. The maximum atomic E-state index is 4.23. The first-order valence-corrected chi connectivity index (χ1v) is 6.92. The number of aryl methyl sites for hydroxylation is 1. The van der Waals surface area contributed by atoms with Crippen LogP contribution in [-0.2, 0) is 13.0 Å². The molecular formula is C13H27IN6. The molecule has 1 heterocycles. The first-order valence-electron chi connectivity index (χ1n) is 6.92. The van der Waals surface area contributed by atoms with E-state index < -0.39 is 0 Å². The highest BCUT2D eigenvalue weighted by Crippen LogP contribution is 1.99. The summed E-state index contributed by atoms with van der Waals surface area (Å²) in [6.45, 7) is 10.3. The highest BCUT2D eigenvalue weighted by Gasteiger charge is 2.08. The highest BCUT2D eigenvalue weighted by atomic mass is 127. The number of hydrogen-bond acceptors (Lipinski definition) is 3. The summed E-state index contributed by atoms with van der Waals surface area (Å²) in [5, 5.41) is 14.7. The lowest BCUT2D eigenvalue weighted by molar-refractivity contribution is 0.479. The van der Waals surface area contributed by atoms with Gasteiger partial charge in [-0.2, -0.15) is 0 Å². The number of nitrogens with zero attached hydrogens (tertiary/aromatic N) is 4. The summed E-state index contributed by atoms with van der Waals surface area (Å²) in [6.07, 6.45) is 2.67. The van der Waals surface area contributed by atoms with Crippen LogP contribution in [0.2, 0.25) is 0 Å². The number of aromatic nitrogens is 3. The van der Waals surface area contributed by atoms with Gasteiger partial charge in [0.25, 0.3) is 0 Å². The van der Waals surface area contributed by atoms with E-state index in [9.17, 15) is 0 Å². The van der Waals surface area contributed by atoms with Crippen LogP contribution in [0.5, 0.6) is 0 Å². The number of halogens is 1. The summed E-state index contributed by atoms with van der Waals surface area (Å²) in [7, 11) is 1.79. The molecule has 0 fully saturated rings. The Balaban J connectivity index is 0.00000361. The van der Waals surface area contributed by atoms with Crippen molar-refractivity contribution in [1.29, 1.82) is 0 Å². The second kappa shape index (κ2) is 9.95. The van der Waals surface area contributed by atoms with Gasteiger partial charge in [-0.15, -0.1) is 34.2 Å². The van der Waals surface area contributed by atoms with Crippen LogP contribution in [0, 0.1) is 5.92 Å². The van der Waals surface area contributed by atoms with Crippen LogP contribution < -0.4 is 10.6 Å². The van der Waals surface area contributed by atoms with Gasteiger partial charge in [0, 0.05) is 32.6 Å². The molecule has 0 aliphatic rings. The number of nitrogens with one attached hydrogen (secondary N) is 2. The Morgan fingerprint density at radius 2 is 2.10 bits per heavy atom. The van der Waals surface area contributed by atoms with Gasteiger partial charge in [0.1, 0.15) is 12.2 Å². The molecule has 6 nitrogen and oxygen atoms in total. The maximum absolute atomic E-state index is 4.23. The molecule has 0 saturated carbocycles. The van der Waals surface area contributed by atoms with Gasteiger partial charge in [-0.25, -0.2) is 0 Å². The van der Waals surface area contributed by atoms with Crippen molar-refractivity contribution < 1.29 is 0 Å². The second-order valence-electron chi connectivity index (χ2n) is 4.97. The molecule has 116 valence electrons. The van der Waals surface area contributed by atoms with E-state index >= 15 is 0 Å². The van der Waals surface area contributed by atoms with E-state index in [-0.39, 0.29) is 24.0 Å². The first kappa shape index (κ1) is 19.1. The van der Waals surface area contributed by atoms with Crippen molar-refractivity contribution in [2.75, 3.05) is 13.6 Å². The summed E-state index contributed by atoms with van der Waals surface area (Å²) in [5.41, 5.74) is 0. The van der Waals surface area contributed by atoms with Crippen LogP contribution >= 0.6 is 24.0 Å². The van der Waals surface area contributed by atoms with E-state index in [4.69, 9.17) is 0 Å². The van der Waals surface area contributed by atoms with Gasteiger partial charge in [0.05, 0.1) is 0 Å². The average molecular weight is 394 g/mol. The van der Waals surface area contributed by atoms with Crippen LogP contribution in [0.15, 0.2) is 11.3 Å². The topological polar surface area (TPSA) is 67.1 Å². The van der Waals surface area contributed by atoms with Crippen molar-refractivity contribution in [3.8, 4) is 0 Å². The molecule has 1 atom stereocenters. The van der Waals surface area contributed by atoms with Gasteiger partial charge >= 0.3 is 0 Å². The summed E-state index contributed by atoms with van der Waals surface area (Å²) in [5.74, 6) is 2.43. The summed E-state index contributed by atoms with van der Waals surface area (Å²) >= 11 is 0. The number of guanidine groups is 1. The highest BCUT2D eigenvalue weighted by molar-refractivity contribution is 14.0. The third-order valence-electron chi connectivity index (χ3n) is 3.25. The molecule has 0 saturated heterocycles. The van der Waals surface area contributed by atoms with Gasteiger partial charge in [-0.3, -0.25) is 4.99 Å². The lowest BCUT2D eigenvalue weighted by Gasteiger charge is -2.20. The van der Waals surface area contributed by atoms with Gasteiger partial charge in [0.15, 0.2) is 5.96 Å². The number of hydrogen-bond donors (Lipinski definition) is 2. The van der Waals surface area contributed by atoms with Crippen molar-refractivity contribution in [2.24, 2.45) is 10.9 Å². The molecule has 20 heavy (non-hydrogen) atoms. The van der Waals surface area contributed by atoms with Crippen LogP contribution in [-0.4, -0.2) is 40.4 Å². The fraction of sp³-hybridized carbons (Fsp3) is 0.769. The summed E-state index contributed by atoms with van der Waals surface area (Å²) in [6, 6.07) is 0.396. The predicted octanol–water partition coefficient (Wildman–Crippen LogP) is 1.67. The van der Waals surface area contributed by atoms with Crippen molar-refractivity contribution >= 4 is 29.9 Å². The van der Waals surface area contributed by atoms with Crippen LogP contribution in [0.25, 0.3) is 0 Å². The predicted molar refractivity (Wildman–Crippen MR) is 93.6 cm³/mol. The summed E-state index contributed by atoms with van der Waals surface area (Å²) < 4.78 is 2.06. The molecular weight excluding hydrogens is 367 g/mol. The SMILES string of the molecule is CCc1nncn1CCNC(=NC)NC(C)C(C)C.I. The molecule has 1 rings (SSSR count). The molecule has 1 aromatic heterocycles. The minimum Gasteiger partial charge on any atom is -0.355 e. The van der Waals surface area contributed by atoms with Crippen molar-refractivity contribution in [3.63, 3.8) is 0 Å². The quantitative estimate of drug-likeness (QED) is 0.438. The molecule has 0 spiro atoms. The standard InChI is InChI=1S/C13H26N6.HI/c1-6-12-18-16-9-19(12)8-7-15-13(14-5)17-11(4)10(2)3;/h9-11H,6-8H2,1-5H3,(H2,14,15,17);1H. The lowest BCUT2D eigenvalue weighted by atomic mass is 10.1. The number of rotatable bonds is 6. The minimum absolute atomic E-state index is 0. The molecule has 0 bridgehead atoms. The molecule has 1 aromatic rings. The second-order valence-corrected chi connectivity index (χ2v) is 4.97. The van der Waals surface area contributed by atoms with Crippen molar-refractivity contribution in [2.45, 2.75) is 46.7 Å². The summed E-state index contributed by atoms with van der Waals surface area (Å²) in [4.78, 5) is 4.23. The Hall–Kier alpha value is -0.860. The van der Waals surface area contributed by atoms with Crippen LogP contribution in [0.1, 0.15) is 33.5 Å². The van der Waals surface area contributed by atoms with E-state index in [1.165, 1.54) is 0 Å². The van der Waals surface area contributed by atoms with Crippen LogP contribution in [0.4, 0.5) is 0 Å². The van der Waals surface area contributed by atoms with Gasteiger partial charge < -0.3 is 15.2 Å². The molecule has 0 radical (unpaired) electrons. The minimum atomic E-state index is 0. The zero-order chi connectivity index (χ0) is 14.3. The van der Waals surface area contributed by atoms with Crippen LogP contribution in [0.3, 0.4) is 0 Å². The molecule has 0 aliphatic carbocycles.